The minimum atomic E-state index is -0.278. The average Bonchev–Trinajstić information content (AvgIpc) is 2.05. The quantitative estimate of drug-likeness (QED) is 0.643. The van der Waals surface area contributed by atoms with Crippen molar-refractivity contribution in [2.24, 2.45) is 0 Å². The van der Waals surface area contributed by atoms with Gasteiger partial charge in [0.05, 0.1) is 17.4 Å². The number of nitrogens with two attached hydrogens (primary N) is 1. The van der Waals surface area contributed by atoms with Crippen LogP contribution in [0.3, 0.4) is 0 Å². The van der Waals surface area contributed by atoms with Gasteiger partial charge in [-0.15, -0.1) is 0 Å². The first-order valence-electron chi connectivity index (χ1n) is 3.56. The maximum Gasteiger partial charge on any atom is 0.125 e. The molecule has 3 heteroatoms. The number of fused-ring (bicyclic) bond motifs is 1. The topological polar surface area (TPSA) is 38.9 Å². The van der Waals surface area contributed by atoms with Gasteiger partial charge in [-0.25, -0.2) is 4.39 Å². The Bertz CT molecular complexity index is 385. The summed E-state index contributed by atoms with van der Waals surface area (Å²) in [5.74, 6) is -0.278. The lowest BCUT2D eigenvalue weighted by atomic mass is 10.2. The highest BCUT2D eigenvalue weighted by atomic mass is 19.1. The molecule has 0 amide bonds. The van der Waals surface area contributed by atoms with Crippen LogP contribution in [-0.4, -0.2) is 4.98 Å². The van der Waals surface area contributed by atoms with E-state index in [9.17, 15) is 4.39 Å². The zero-order chi connectivity index (χ0) is 8.55. The van der Waals surface area contributed by atoms with Crippen LogP contribution in [0.25, 0.3) is 10.9 Å². The largest absolute Gasteiger partial charge is 0.397 e. The lowest BCUT2D eigenvalue weighted by Gasteiger charge is -1.97. The number of benzene rings is 1. The molecule has 1 aromatic carbocycles. The fraction of sp³-hybridized carbons (Fsp3) is 0. The molecule has 0 saturated heterocycles. The number of anilines is 1. The van der Waals surface area contributed by atoms with Gasteiger partial charge in [-0.3, -0.25) is 4.98 Å². The van der Waals surface area contributed by atoms with Gasteiger partial charge < -0.3 is 5.73 Å². The number of rotatable bonds is 0. The van der Waals surface area contributed by atoms with Crippen LogP contribution in [0, 0.1) is 5.82 Å². The second kappa shape index (κ2) is 2.44. The minimum Gasteiger partial charge on any atom is -0.397 e. The summed E-state index contributed by atoms with van der Waals surface area (Å²) < 4.78 is 12.7. The fourth-order valence-electron chi connectivity index (χ4n) is 1.11. The van der Waals surface area contributed by atoms with Crippen molar-refractivity contribution >= 4 is 16.6 Å². The van der Waals surface area contributed by atoms with Crippen molar-refractivity contribution in [2.75, 3.05) is 5.73 Å². The normalized spacial score (nSPS) is 10.4. The molecular formula is C9H7FN2. The Balaban J connectivity index is 2.79. The average molecular weight is 162 g/mol. The van der Waals surface area contributed by atoms with Gasteiger partial charge in [0.25, 0.3) is 0 Å². The van der Waals surface area contributed by atoms with Gasteiger partial charge >= 0.3 is 0 Å². The number of nitrogens with zero attached hydrogens (tertiary/aromatic N) is 1. The van der Waals surface area contributed by atoms with Gasteiger partial charge in [0.15, 0.2) is 0 Å². The van der Waals surface area contributed by atoms with E-state index in [1.165, 1.54) is 18.3 Å². The predicted molar refractivity (Wildman–Crippen MR) is 46.1 cm³/mol. The fourth-order valence-corrected chi connectivity index (χ4v) is 1.11. The molecular weight excluding hydrogens is 155 g/mol. The summed E-state index contributed by atoms with van der Waals surface area (Å²) in [4.78, 5) is 3.98. The minimum absolute atomic E-state index is 0.278. The van der Waals surface area contributed by atoms with Crippen LogP contribution >= 0.6 is 0 Å². The first kappa shape index (κ1) is 7.03. The SMILES string of the molecule is Nc1cnc2cc(F)ccc2c1. The Hall–Kier alpha value is -1.64. The lowest BCUT2D eigenvalue weighted by molar-refractivity contribution is 0.629. The van der Waals surface area contributed by atoms with Crippen LogP contribution in [0.15, 0.2) is 30.5 Å². The number of aromatic nitrogens is 1. The molecule has 1 heterocycles. The molecule has 60 valence electrons. The summed E-state index contributed by atoms with van der Waals surface area (Å²) in [6.07, 6.45) is 1.52. The van der Waals surface area contributed by atoms with E-state index in [-0.39, 0.29) is 5.82 Å². The number of nitrogen functional groups attached to an aromatic ring is 1. The second-order valence-corrected chi connectivity index (χ2v) is 2.61. The van der Waals surface area contributed by atoms with Crippen LogP contribution in [0.5, 0.6) is 0 Å². The predicted octanol–water partition coefficient (Wildman–Crippen LogP) is 1.96. The molecule has 1 aromatic heterocycles. The summed E-state index contributed by atoms with van der Waals surface area (Å²) in [6, 6.07) is 6.20. The molecule has 0 fully saturated rings. The Labute approximate surface area is 68.8 Å². The highest BCUT2D eigenvalue weighted by Gasteiger charge is 1.96. The molecule has 0 atom stereocenters. The van der Waals surface area contributed by atoms with E-state index in [2.05, 4.69) is 4.98 Å². The van der Waals surface area contributed by atoms with Crippen molar-refractivity contribution in [3.05, 3.63) is 36.3 Å². The van der Waals surface area contributed by atoms with Crippen molar-refractivity contribution < 1.29 is 4.39 Å². The molecule has 2 rings (SSSR count). The van der Waals surface area contributed by atoms with Crippen molar-refractivity contribution in [1.82, 2.24) is 4.98 Å². The maximum absolute atomic E-state index is 12.7. The highest BCUT2D eigenvalue weighted by Crippen LogP contribution is 2.15. The van der Waals surface area contributed by atoms with Crippen LogP contribution < -0.4 is 5.73 Å². The Morgan fingerprint density at radius 3 is 2.92 bits per heavy atom. The second-order valence-electron chi connectivity index (χ2n) is 2.61. The van der Waals surface area contributed by atoms with E-state index in [0.29, 0.717) is 11.2 Å². The summed E-state index contributed by atoms with van der Waals surface area (Å²) >= 11 is 0. The molecule has 0 aliphatic heterocycles. The van der Waals surface area contributed by atoms with E-state index in [0.717, 1.165) is 5.39 Å². The van der Waals surface area contributed by atoms with Crippen LogP contribution in [0.4, 0.5) is 10.1 Å². The first-order valence-corrected chi connectivity index (χ1v) is 3.56. The van der Waals surface area contributed by atoms with Crippen LogP contribution in [0.2, 0.25) is 0 Å². The molecule has 0 unspecified atom stereocenters. The molecule has 0 radical (unpaired) electrons. The molecule has 0 aliphatic carbocycles. The molecule has 2 aromatic rings. The summed E-state index contributed by atoms with van der Waals surface area (Å²) in [6.45, 7) is 0. The maximum atomic E-state index is 12.7. The van der Waals surface area contributed by atoms with E-state index >= 15 is 0 Å². The van der Waals surface area contributed by atoms with Gasteiger partial charge in [0, 0.05) is 11.5 Å². The molecule has 0 aliphatic rings. The summed E-state index contributed by atoms with van der Waals surface area (Å²) in [5.41, 5.74) is 6.73. The number of hydrogen-bond donors (Lipinski definition) is 1. The van der Waals surface area contributed by atoms with Gasteiger partial charge in [-0.2, -0.15) is 0 Å². The Morgan fingerprint density at radius 2 is 2.08 bits per heavy atom. The van der Waals surface area contributed by atoms with E-state index in [4.69, 9.17) is 5.73 Å². The summed E-state index contributed by atoms with van der Waals surface area (Å²) in [7, 11) is 0. The standard InChI is InChI=1S/C9H7FN2/c10-7-2-1-6-3-8(11)5-12-9(6)4-7/h1-5H,11H2. The zero-order valence-corrected chi connectivity index (χ0v) is 6.29. The molecule has 2 nitrogen and oxygen atoms in total. The van der Waals surface area contributed by atoms with Gasteiger partial charge in [-0.05, 0) is 18.2 Å². The third kappa shape index (κ3) is 1.09. The summed E-state index contributed by atoms with van der Waals surface area (Å²) in [5, 5.41) is 0.858. The first-order chi connectivity index (χ1) is 5.75. The Kier molecular flexibility index (Phi) is 1.43. The number of pyridine rings is 1. The molecule has 2 N–H and O–H groups in total. The molecule has 0 bridgehead atoms. The van der Waals surface area contributed by atoms with Gasteiger partial charge in [0.2, 0.25) is 0 Å². The number of hydrogen-bond acceptors (Lipinski definition) is 2. The van der Waals surface area contributed by atoms with Gasteiger partial charge in [-0.1, -0.05) is 0 Å². The highest BCUT2D eigenvalue weighted by molar-refractivity contribution is 5.80. The van der Waals surface area contributed by atoms with Crippen molar-refractivity contribution in [1.29, 1.82) is 0 Å². The van der Waals surface area contributed by atoms with Crippen LogP contribution in [0.1, 0.15) is 0 Å². The Morgan fingerprint density at radius 1 is 1.25 bits per heavy atom. The molecule has 12 heavy (non-hydrogen) atoms. The monoisotopic (exact) mass is 162 g/mol. The van der Waals surface area contributed by atoms with E-state index < -0.39 is 0 Å². The number of halogens is 1. The molecule has 0 spiro atoms. The van der Waals surface area contributed by atoms with Crippen molar-refractivity contribution in [3.8, 4) is 0 Å². The third-order valence-electron chi connectivity index (χ3n) is 1.67. The van der Waals surface area contributed by atoms with Crippen LogP contribution in [-0.2, 0) is 0 Å². The van der Waals surface area contributed by atoms with Gasteiger partial charge in [0.1, 0.15) is 5.82 Å². The third-order valence-corrected chi connectivity index (χ3v) is 1.67. The lowest BCUT2D eigenvalue weighted by Crippen LogP contribution is -1.87. The van der Waals surface area contributed by atoms with Crippen molar-refractivity contribution in [2.45, 2.75) is 0 Å². The smallest absolute Gasteiger partial charge is 0.125 e. The van der Waals surface area contributed by atoms with E-state index in [1.54, 1.807) is 12.1 Å². The molecule has 0 saturated carbocycles. The van der Waals surface area contributed by atoms with Crippen molar-refractivity contribution in [3.63, 3.8) is 0 Å². The zero-order valence-electron chi connectivity index (χ0n) is 6.29. The van der Waals surface area contributed by atoms with E-state index in [1.807, 2.05) is 0 Å².